The van der Waals surface area contributed by atoms with Crippen LogP contribution in [0.15, 0.2) is 72.8 Å². The van der Waals surface area contributed by atoms with Gasteiger partial charge in [0.25, 0.3) is 0 Å². The average Bonchev–Trinajstić information content (AvgIpc) is 3.59. The number of rotatable bonds is 5. The Morgan fingerprint density at radius 2 is 0.708 bits per heavy atom. The van der Waals surface area contributed by atoms with E-state index in [2.05, 4.69) is 134 Å². The third-order valence-corrected chi connectivity index (χ3v) is 9.40. The molecule has 0 amide bonds. The van der Waals surface area contributed by atoms with E-state index in [4.69, 9.17) is 62.6 Å². The molecule has 0 unspecified atom stereocenters. The first-order chi connectivity index (χ1) is 22.9. The molecule has 262 valence electrons. The molecule has 48 heavy (non-hydrogen) atoms. The second-order valence-electron chi connectivity index (χ2n) is 11.9. The monoisotopic (exact) mass is 942 g/mol. The number of nitrogens with zero attached hydrogens (tertiary/aromatic N) is 4. The third-order valence-electron chi connectivity index (χ3n) is 8.52. The molecule has 0 saturated carbocycles. The predicted octanol–water partition coefficient (Wildman–Crippen LogP) is 11.2. The summed E-state index contributed by atoms with van der Waals surface area (Å²) < 4.78 is 0. The van der Waals surface area contributed by atoms with Gasteiger partial charge in [0.1, 0.15) is 0 Å². The Bertz CT molecular complexity index is 1580. The van der Waals surface area contributed by atoms with Crippen molar-refractivity contribution in [2.24, 2.45) is 0 Å². The molecule has 2 aliphatic rings. The number of halogens is 4. The molecule has 12 heteroatoms. The maximum atomic E-state index is 5.97. The molecule has 0 spiro atoms. The second kappa shape index (κ2) is 18.3. The molecule has 2 fully saturated rings. The van der Waals surface area contributed by atoms with Crippen LogP contribution in [-0.2, 0) is 31.9 Å². The molecule has 0 atom stereocenters. The van der Waals surface area contributed by atoms with Crippen LogP contribution in [0.2, 0.25) is 0 Å². The van der Waals surface area contributed by atoms with Gasteiger partial charge in [-0.3, -0.25) is 0 Å². The van der Waals surface area contributed by atoms with Crippen LogP contribution in [0.3, 0.4) is 0 Å². The standard InChI is InChI=1S/C36H38N4S2.4ClH.2Pd/c1-23-19-25(3)33(26(4)20-23)39-17-15-37(35(39)41)31-11-7-29(8-12-31)30-9-13-32(14-10-30)38-16-18-40(36(38)42)34-27(5)21-24(2)22-28(34)6;;;;;;/h7-14,19-22H,15-18H2,1-6H3;4*1H;;/q;;;;;2*+2/p-4. The Kier molecular flexibility index (Phi) is 15.1. The third kappa shape index (κ3) is 9.15. The molecular weight excluding hydrogens is 907 g/mol. The van der Waals surface area contributed by atoms with Crippen LogP contribution in [0, 0.1) is 41.5 Å². The summed E-state index contributed by atoms with van der Waals surface area (Å²) in [6.45, 7) is 16.6. The van der Waals surface area contributed by atoms with Gasteiger partial charge in [-0.2, -0.15) is 0 Å². The molecule has 0 aromatic heterocycles. The first-order valence-electron chi connectivity index (χ1n) is 15.1. The molecule has 0 bridgehead atoms. The summed E-state index contributed by atoms with van der Waals surface area (Å²) in [6.07, 6.45) is 0. The van der Waals surface area contributed by atoms with Crippen LogP contribution in [-0.4, -0.2) is 36.4 Å². The SMILES string of the molecule is Cc1cc(C)c(N2CCN(c3ccc(-c4ccc(N5CCN(c6c(C)cc(C)cc6C)C5=S)cc4)cc3)C2=S)c(C)c1.[Cl][Pd][Cl].[Cl][Pd][Cl]. The number of anilines is 4. The van der Waals surface area contributed by atoms with Crippen molar-refractivity contribution in [3.8, 4) is 11.1 Å². The summed E-state index contributed by atoms with van der Waals surface area (Å²) in [6, 6.07) is 26.5. The number of hydrogen-bond donors (Lipinski definition) is 0. The molecule has 0 radical (unpaired) electrons. The summed E-state index contributed by atoms with van der Waals surface area (Å²) in [4.78, 5) is 9.08. The van der Waals surface area contributed by atoms with Gasteiger partial charge in [0.05, 0.1) is 0 Å². The molecule has 2 aliphatic heterocycles. The van der Waals surface area contributed by atoms with Gasteiger partial charge in [-0.05, 0) is 124 Å². The zero-order valence-electron chi connectivity index (χ0n) is 27.5. The van der Waals surface area contributed by atoms with Crippen molar-refractivity contribution in [2.45, 2.75) is 41.5 Å². The number of aryl methyl sites for hydroxylation is 6. The fraction of sp³-hybridized carbons (Fsp3) is 0.278. The summed E-state index contributed by atoms with van der Waals surface area (Å²) in [7, 11) is 19.3. The minimum atomic E-state index is -0.106. The van der Waals surface area contributed by atoms with Gasteiger partial charge < -0.3 is 19.6 Å². The van der Waals surface area contributed by atoms with Crippen LogP contribution < -0.4 is 19.6 Å². The second-order valence-corrected chi connectivity index (χ2v) is 17.3. The molecule has 4 aromatic carbocycles. The Labute approximate surface area is 328 Å². The molecule has 0 aliphatic carbocycles. The van der Waals surface area contributed by atoms with Gasteiger partial charge >= 0.3 is 70.0 Å². The van der Waals surface area contributed by atoms with Gasteiger partial charge in [0.15, 0.2) is 10.2 Å². The zero-order chi connectivity index (χ0) is 35.1. The van der Waals surface area contributed by atoms with E-state index in [0.717, 1.165) is 47.8 Å². The Morgan fingerprint density at radius 3 is 0.979 bits per heavy atom. The molecule has 4 nitrogen and oxygen atoms in total. The Morgan fingerprint density at radius 1 is 0.458 bits per heavy atom. The van der Waals surface area contributed by atoms with E-state index in [9.17, 15) is 0 Å². The fourth-order valence-electron chi connectivity index (χ4n) is 6.83. The van der Waals surface area contributed by atoms with Crippen molar-refractivity contribution in [1.82, 2.24) is 0 Å². The van der Waals surface area contributed by atoms with Gasteiger partial charge in [-0.1, -0.05) is 59.7 Å². The van der Waals surface area contributed by atoms with Crippen LogP contribution in [0.25, 0.3) is 11.1 Å². The molecule has 6 rings (SSSR count). The van der Waals surface area contributed by atoms with Gasteiger partial charge in [-0.25, -0.2) is 0 Å². The van der Waals surface area contributed by atoms with Gasteiger partial charge in [0, 0.05) is 48.9 Å². The number of benzene rings is 4. The Balaban J connectivity index is 0.000000808. The van der Waals surface area contributed by atoms with E-state index < -0.39 is 0 Å². The maximum absolute atomic E-state index is 5.97. The Hall–Kier alpha value is -1.26. The van der Waals surface area contributed by atoms with Crippen LogP contribution in [0.4, 0.5) is 22.7 Å². The summed E-state index contributed by atoms with van der Waals surface area (Å²) >= 11 is 11.7. The molecule has 0 N–H and O–H groups in total. The van der Waals surface area contributed by atoms with Crippen LogP contribution in [0.1, 0.15) is 33.4 Å². The van der Waals surface area contributed by atoms with Crippen molar-refractivity contribution >= 4 is 95.5 Å². The minimum absolute atomic E-state index is 0.106. The van der Waals surface area contributed by atoms with Crippen molar-refractivity contribution in [1.29, 1.82) is 0 Å². The fourth-order valence-corrected chi connectivity index (χ4v) is 7.59. The molecule has 4 aromatic rings. The quantitative estimate of drug-likeness (QED) is 0.145. The number of thiocarbonyl (C=S) groups is 2. The van der Waals surface area contributed by atoms with Crippen LogP contribution >= 0.6 is 62.6 Å². The zero-order valence-corrected chi connectivity index (χ0v) is 35.3. The number of hydrogen-bond acceptors (Lipinski definition) is 2. The van der Waals surface area contributed by atoms with Crippen molar-refractivity contribution in [2.75, 3.05) is 45.8 Å². The van der Waals surface area contributed by atoms with E-state index in [1.54, 1.807) is 0 Å². The summed E-state index contributed by atoms with van der Waals surface area (Å²) in [5.41, 5.74) is 14.8. The van der Waals surface area contributed by atoms with Crippen molar-refractivity contribution < 1.29 is 31.9 Å². The predicted molar refractivity (Wildman–Crippen MR) is 211 cm³/mol. The first kappa shape index (κ1) is 39.5. The summed E-state index contributed by atoms with van der Waals surface area (Å²) in [5.74, 6) is 0. The molecule has 2 heterocycles. The van der Waals surface area contributed by atoms with Gasteiger partial charge in [-0.15, -0.1) is 0 Å². The van der Waals surface area contributed by atoms with Crippen molar-refractivity contribution in [3.63, 3.8) is 0 Å². The van der Waals surface area contributed by atoms with E-state index in [0.29, 0.717) is 0 Å². The van der Waals surface area contributed by atoms with E-state index in [1.165, 1.54) is 55.9 Å². The normalized spacial score (nSPS) is 14.4. The van der Waals surface area contributed by atoms with Gasteiger partial charge in [0.2, 0.25) is 0 Å². The average molecular weight is 946 g/mol. The topological polar surface area (TPSA) is 13.0 Å². The van der Waals surface area contributed by atoms with Crippen LogP contribution in [0.5, 0.6) is 0 Å². The van der Waals surface area contributed by atoms with E-state index >= 15 is 0 Å². The molecular formula is C36H38Cl4N4Pd2S2. The van der Waals surface area contributed by atoms with E-state index in [1.807, 2.05) is 0 Å². The molecule has 2 saturated heterocycles. The summed E-state index contributed by atoms with van der Waals surface area (Å²) in [5, 5.41) is 1.74. The van der Waals surface area contributed by atoms with Crippen molar-refractivity contribution in [3.05, 3.63) is 106 Å². The first-order valence-corrected chi connectivity index (χ1v) is 24.0. The van der Waals surface area contributed by atoms with E-state index in [-0.39, 0.29) is 31.9 Å².